The summed E-state index contributed by atoms with van der Waals surface area (Å²) in [6.07, 6.45) is 0. The molecule has 2 heterocycles. The Morgan fingerprint density at radius 1 is 1.21 bits per heavy atom. The van der Waals surface area contributed by atoms with Gasteiger partial charge in [0, 0.05) is 20.0 Å². The molecular formula is C17H15Br2N3OS. The number of benzene rings is 1. The summed E-state index contributed by atoms with van der Waals surface area (Å²) < 4.78 is 1.73. The molecule has 0 aliphatic heterocycles. The van der Waals surface area contributed by atoms with Crippen LogP contribution in [0, 0.1) is 20.8 Å². The molecule has 1 amide bonds. The third-order valence-corrected chi connectivity index (χ3v) is 6.31. The van der Waals surface area contributed by atoms with Crippen molar-refractivity contribution >= 4 is 70.7 Å². The van der Waals surface area contributed by atoms with Gasteiger partial charge in [0.25, 0.3) is 5.91 Å². The smallest absolute Gasteiger partial charge is 0.267 e. The van der Waals surface area contributed by atoms with Gasteiger partial charge in [-0.05, 0) is 66.0 Å². The highest BCUT2D eigenvalue weighted by atomic mass is 79.9. The number of nitrogens with two attached hydrogens (primary N) is 1. The van der Waals surface area contributed by atoms with E-state index in [1.54, 1.807) is 0 Å². The molecule has 0 bridgehead atoms. The van der Waals surface area contributed by atoms with Crippen LogP contribution in [0.15, 0.2) is 27.1 Å². The molecule has 0 aliphatic rings. The summed E-state index contributed by atoms with van der Waals surface area (Å²) in [4.78, 5) is 18.5. The molecule has 0 spiro atoms. The zero-order chi connectivity index (χ0) is 17.6. The van der Waals surface area contributed by atoms with Crippen LogP contribution < -0.4 is 11.1 Å². The van der Waals surface area contributed by atoms with Gasteiger partial charge in [0.2, 0.25) is 0 Å². The third-order valence-electron chi connectivity index (χ3n) is 4.06. The van der Waals surface area contributed by atoms with Crippen LogP contribution in [0.25, 0.3) is 10.2 Å². The quantitative estimate of drug-likeness (QED) is 0.515. The number of fused-ring (bicyclic) bond motifs is 1. The zero-order valence-electron chi connectivity index (χ0n) is 13.3. The second kappa shape index (κ2) is 6.46. The van der Waals surface area contributed by atoms with Gasteiger partial charge < -0.3 is 11.1 Å². The minimum absolute atomic E-state index is 0.228. The summed E-state index contributed by atoms with van der Waals surface area (Å²) in [7, 11) is 0. The minimum Gasteiger partial charge on any atom is -0.397 e. The van der Waals surface area contributed by atoms with Crippen LogP contribution in [-0.2, 0) is 0 Å². The molecule has 0 saturated carbocycles. The van der Waals surface area contributed by atoms with E-state index in [2.05, 4.69) is 42.2 Å². The Labute approximate surface area is 160 Å². The van der Waals surface area contributed by atoms with Crippen LogP contribution in [0.2, 0.25) is 0 Å². The Hall–Kier alpha value is -1.44. The van der Waals surface area contributed by atoms with Crippen molar-refractivity contribution in [3.63, 3.8) is 0 Å². The molecule has 0 fully saturated rings. The number of anilines is 2. The first-order chi connectivity index (χ1) is 11.3. The van der Waals surface area contributed by atoms with Gasteiger partial charge in [0.15, 0.2) is 0 Å². The number of carbonyl (C=O) groups excluding carboxylic acids is 1. The first kappa shape index (κ1) is 17.4. The van der Waals surface area contributed by atoms with Crippen molar-refractivity contribution in [3.05, 3.63) is 48.8 Å². The SMILES string of the molecule is Cc1nc2sc(C(=O)Nc3ccc(Br)cc3Br)c(N)c2c(C)c1C. The van der Waals surface area contributed by atoms with E-state index in [-0.39, 0.29) is 5.91 Å². The van der Waals surface area contributed by atoms with Crippen LogP contribution in [0.5, 0.6) is 0 Å². The fraction of sp³-hybridized carbons (Fsp3) is 0.176. The Balaban J connectivity index is 2.04. The Morgan fingerprint density at radius 2 is 1.92 bits per heavy atom. The van der Waals surface area contributed by atoms with Gasteiger partial charge in [0.1, 0.15) is 9.71 Å². The molecule has 7 heteroatoms. The highest BCUT2D eigenvalue weighted by molar-refractivity contribution is 9.11. The molecule has 3 aromatic rings. The number of nitrogen functional groups attached to an aromatic ring is 1. The number of amides is 1. The Morgan fingerprint density at radius 3 is 2.58 bits per heavy atom. The van der Waals surface area contributed by atoms with E-state index in [0.717, 1.165) is 36.0 Å². The topological polar surface area (TPSA) is 68.0 Å². The maximum absolute atomic E-state index is 12.7. The number of rotatable bonds is 2. The van der Waals surface area contributed by atoms with Gasteiger partial charge in [-0.3, -0.25) is 4.79 Å². The van der Waals surface area contributed by atoms with E-state index < -0.39 is 0 Å². The lowest BCUT2D eigenvalue weighted by Gasteiger charge is -2.07. The number of thiophene rings is 1. The van der Waals surface area contributed by atoms with Crippen LogP contribution in [0.4, 0.5) is 11.4 Å². The number of aryl methyl sites for hydroxylation is 2. The number of carbonyl (C=O) groups is 1. The van der Waals surface area contributed by atoms with Crippen molar-refractivity contribution in [2.45, 2.75) is 20.8 Å². The molecule has 3 rings (SSSR count). The van der Waals surface area contributed by atoms with Crippen LogP contribution in [0.1, 0.15) is 26.5 Å². The molecule has 0 radical (unpaired) electrons. The molecular weight excluding hydrogens is 454 g/mol. The number of halogens is 2. The third kappa shape index (κ3) is 2.96. The van der Waals surface area contributed by atoms with E-state index in [1.807, 2.05) is 39.0 Å². The fourth-order valence-corrected chi connectivity index (χ4v) is 4.75. The number of hydrogen-bond acceptors (Lipinski definition) is 4. The van der Waals surface area contributed by atoms with Crippen LogP contribution in [-0.4, -0.2) is 10.9 Å². The monoisotopic (exact) mass is 467 g/mol. The molecule has 2 aromatic heterocycles. The maximum atomic E-state index is 12.7. The Bertz CT molecular complexity index is 982. The summed E-state index contributed by atoms with van der Waals surface area (Å²) in [5.74, 6) is -0.228. The molecule has 24 heavy (non-hydrogen) atoms. The van der Waals surface area contributed by atoms with E-state index in [4.69, 9.17) is 5.73 Å². The maximum Gasteiger partial charge on any atom is 0.267 e. The summed E-state index contributed by atoms with van der Waals surface area (Å²) in [5, 5.41) is 3.78. The first-order valence-electron chi connectivity index (χ1n) is 7.21. The predicted molar refractivity (Wildman–Crippen MR) is 108 cm³/mol. The summed E-state index contributed by atoms with van der Waals surface area (Å²) in [6, 6.07) is 5.57. The van der Waals surface area contributed by atoms with Crippen molar-refractivity contribution in [3.8, 4) is 0 Å². The summed E-state index contributed by atoms with van der Waals surface area (Å²) >= 11 is 8.17. The van der Waals surface area contributed by atoms with Gasteiger partial charge in [-0.25, -0.2) is 4.98 Å². The van der Waals surface area contributed by atoms with Gasteiger partial charge >= 0.3 is 0 Å². The molecule has 3 N–H and O–H groups in total. The predicted octanol–water partition coefficient (Wildman–Crippen LogP) is 5.58. The van der Waals surface area contributed by atoms with Crippen LogP contribution >= 0.6 is 43.2 Å². The lowest BCUT2D eigenvalue weighted by atomic mass is 10.1. The molecule has 4 nitrogen and oxygen atoms in total. The second-order valence-electron chi connectivity index (χ2n) is 5.55. The van der Waals surface area contributed by atoms with E-state index >= 15 is 0 Å². The van der Waals surface area contributed by atoms with Gasteiger partial charge in [-0.1, -0.05) is 15.9 Å². The summed E-state index contributed by atoms with van der Waals surface area (Å²) in [5.41, 5.74) is 10.6. The van der Waals surface area contributed by atoms with E-state index in [0.29, 0.717) is 16.3 Å². The Kier molecular flexibility index (Phi) is 4.68. The van der Waals surface area contributed by atoms with Crippen molar-refractivity contribution in [1.29, 1.82) is 0 Å². The standard InChI is InChI=1S/C17H15Br2N3OS/c1-7-8(2)13-14(20)15(24-17(13)21-9(7)3)16(23)22-12-5-4-10(18)6-11(12)19/h4-6H,20H2,1-3H3,(H,22,23). The molecule has 0 unspecified atom stereocenters. The number of pyridine rings is 1. The first-order valence-corrected chi connectivity index (χ1v) is 9.62. The van der Waals surface area contributed by atoms with E-state index in [1.165, 1.54) is 11.3 Å². The van der Waals surface area contributed by atoms with Crippen molar-refractivity contribution in [1.82, 2.24) is 4.98 Å². The van der Waals surface area contributed by atoms with Gasteiger partial charge in [0.05, 0.1) is 11.4 Å². The lowest BCUT2D eigenvalue weighted by Crippen LogP contribution is -2.12. The van der Waals surface area contributed by atoms with Gasteiger partial charge in [-0.2, -0.15) is 0 Å². The van der Waals surface area contributed by atoms with E-state index in [9.17, 15) is 4.79 Å². The number of aromatic nitrogens is 1. The highest BCUT2D eigenvalue weighted by Crippen LogP contribution is 2.37. The highest BCUT2D eigenvalue weighted by Gasteiger charge is 2.20. The van der Waals surface area contributed by atoms with Crippen LogP contribution in [0.3, 0.4) is 0 Å². The molecule has 0 aliphatic carbocycles. The van der Waals surface area contributed by atoms with Crippen molar-refractivity contribution in [2.75, 3.05) is 11.1 Å². The minimum atomic E-state index is -0.228. The van der Waals surface area contributed by atoms with Gasteiger partial charge in [-0.15, -0.1) is 11.3 Å². The molecule has 124 valence electrons. The average molecular weight is 469 g/mol. The second-order valence-corrected chi connectivity index (χ2v) is 8.32. The zero-order valence-corrected chi connectivity index (χ0v) is 17.3. The number of nitrogens with zero attached hydrogens (tertiary/aromatic N) is 1. The summed E-state index contributed by atoms with van der Waals surface area (Å²) in [6.45, 7) is 6.01. The number of hydrogen-bond donors (Lipinski definition) is 2. The van der Waals surface area contributed by atoms with Crippen molar-refractivity contribution in [2.24, 2.45) is 0 Å². The molecule has 1 aromatic carbocycles. The lowest BCUT2D eigenvalue weighted by molar-refractivity contribution is 0.103. The number of nitrogens with one attached hydrogen (secondary N) is 1. The van der Waals surface area contributed by atoms with Crippen molar-refractivity contribution < 1.29 is 4.79 Å². The average Bonchev–Trinajstić information content (AvgIpc) is 2.84. The normalized spacial score (nSPS) is 11.0. The molecule has 0 atom stereocenters. The fourth-order valence-electron chi connectivity index (χ4n) is 2.51. The largest absolute Gasteiger partial charge is 0.397 e. The molecule has 0 saturated heterocycles.